The molecule has 2 N–H and O–H groups in total. The van der Waals surface area contributed by atoms with E-state index in [1.54, 1.807) is 0 Å². The van der Waals surface area contributed by atoms with Gasteiger partial charge in [0.15, 0.2) is 0 Å². The Labute approximate surface area is 121 Å². The molecule has 3 nitrogen and oxygen atoms in total. The first-order valence-corrected chi connectivity index (χ1v) is 7.93. The van der Waals surface area contributed by atoms with E-state index in [1.807, 2.05) is 36.0 Å². The van der Waals surface area contributed by atoms with Crippen molar-refractivity contribution in [3.8, 4) is 0 Å². The largest absolute Gasteiger partial charge is 0.324 e. The van der Waals surface area contributed by atoms with Gasteiger partial charge in [0, 0.05) is 16.3 Å². The van der Waals surface area contributed by atoms with Crippen LogP contribution in [0.25, 0.3) is 0 Å². The monoisotopic (exact) mass is 330 g/mol. The summed E-state index contributed by atoms with van der Waals surface area (Å²) in [5, 5.41) is 6.08. The average Bonchev–Trinajstić information content (AvgIpc) is 2.36. The molecule has 0 saturated carbocycles. The van der Waals surface area contributed by atoms with Crippen LogP contribution in [0.1, 0.15) is 13.8 Å². The molecule has 0 saturated heterocycles. The van der Waals surface area contributed by atoms with E-state index in [0.717, 1.165) is 21.7 Å². The fourth-order valence-corrected chi connectivity index (χ4v) is 2.47. The van der Waals surface area contributed by atoms with Gasteiger partial charge in [0.05, 0.1) is 12.2 Å². The maximum Gasteiger partial charge on any atom is 0.238 e. The van der Waals surface area contributed by atoms with E-state index in [2.05, 4.69) is 40.4 Å². The van der Waals surface area contributed by atoms with E-state index in [0.29, 0.717) is 12.6 Å². The Hall–Kier alpha value is -0.520. The summed E-state index contributed by atoms with van der Waals surface area (Å²) in [4.78, 5) is 11.7. The molecule has 0 aliphatic rings. The lowest BCUT2D eigenvalue weighted by atomic mass is 10.3. The van der Waals surface area contributed by atoms with Gasteiger partial charge in [0.25, 0.3) is 0 Å². The first-order chi connectivity index (χ1) is 8.63. The molecule has 100 valence electrons. The predicted octanol–water partition coefficient (Wildman–Crippen LogP) is 3.12. The van der Waals surface area contributed by atoms with Crippen LogP contribution in [0.2, 0.25) is 0 Å². The van der Waals surface area contributed by atoms with Crippen molar-refractivity contribution in [3.05, 3.63) is 28.7 Å². The van der Waals surface area contributed by atoms with Crippen molar-refractivity contribution in [2.45, 2.75) is 19.9 Å². The van der Waals surface area contributed by atoms with Gasteiger partial charge >= 0.3 is 0 Å². The van der Waals surface area contributed by atoms with E-state index >= 15 is 0 Å². The fraction of sp³-hybridized carbons (Fsp3) is 0.462. The van der Waals surface area contributed by atoms with Crippen molar-refractivity contribution in [1.82, 2.24) is 5.32 Å². The number of halogens is 1. The summed E-state index contributed by atoms with van der Waals surface area (Å²) in [7, 11) is 0. The molecule has 0 aromatic heterocycles. The number of rotatable bonds is 7. The van der Waals surface area contributed by atoms with Crippen LogP contribution < -0.4 is 10.6 Å². The van der Waals surface area contributed by atoms with Crippen LogP contribution in [-0.2, 0) is 4.79 Å². The lowest BCUT2D eigenvalue weighted by Gasteiger charge is -2.13. The minimum Gasteiger partial charge on any atom is -0.324 e. The highest BCUT2D eigenvalue weighted by molar-refractivity contribution is 9.10. The third-order valence-corrected chi connectivity index (χ3v) is 4.17. The number of hydrogen-bond acceptors (Lipinski definition) is 3. The Morgan fingerprint density at radius 3 is 2.83 bits per heavy atom. The molecule has 1 unspecified atom stereocenters. The predicted molar refractivity (Wildman–Crippen MR) is 83.2 cm³/mol. The van der Waals surface area contributed by atoms with Crippen molar-refractivity contribution >= 4 is 39.3 Å². The lowest BCUT2D eigenvalue weighted by Crippen LogP contribution is -2.35. The molecule has 1 aromatic rings. The number of amides is 1. The van der Waals surface area contributed by atoms with Crippen LogP contribution in [0.4, 0.5) is 5.69 Å². The summed E-state index contributed by atoms with van der Waals surface area (Å²) in [6.45, 7) is 4.57. The summed E-state index contributed by atoms with van der Waals surface area (Å²) in [5.41, 5.74) is 0.805. The Morgan fingerprint density at radius 1 is 1.44 bits per heavy atom. The molecule has 0 aliphatic carbocycles. The summed E-state index contributed by atoms with van der Waals surface area (Å²) >= 11 is 5.27. The van der Waals surface area contributed by atoms with Crippen molar-refractivity contribution < 1.29 is 4.79 Å². The highest BCUT2D eigenvalue weighted by Gasteiger charge is 2.07. The van der Waals surface area contributed by atoms with Gasteiger partial charge in [-0.3, -0.25) is 4.79 Å². The molecular weight excluding hydrogens is 312 g/mol. The van der Waals surface area contributed by atoms with E-state index in [9.17, 15) is 4.79 Å². The Morgan fingerprint density at radius 2 is 2.17 bits per heavy atom. The second-order valence-electron chi connectivity index (χ2n) is 3.97. The maximum absolute atomic E-state index is 11.7. The molecule has 0 heterocycles. The second-order valence-corrected chi connectivity index (χ2v) is 6.14. The van der Waals surface area contributed by atoms with Crippen LogP contribution in [0.3, 0.4) is 0 Å². The highest BCUT2D eigenvalue weighted by atomic mass is 79.9. The SMILES string of the molecule is CCSCC(C)NCC(=O)Nc1ccccc1Br. The zero-order valence-corrected chi connectivity index (χ0v) is 13.1. The molecule has 0 fully saturated rings. The summed E-state index contributed by atoms with van der Waals surface area (Å²) in [6, 6.07) is 7.94. The van der Waals surface area contributed by atoms with Gasteiger partial charge in [0.2, 0.25) is 5.91 Å². The van der Waals surface area contributed by atoms with Crippen LogP contribution in [-0.4, -0.2) is 30.0 Å². The highest BCUT2D eigenvalue weighted by Crippen LogP contribution is 2.20. The van der Waals surface area contributed by atoms with Gasteiger partial charge in [0.1, 0.15) is 0 Å². The lowest BCUT2D eigenvalue weighted by molar-refractivity contribution is -0.115. The summed E-state index contributed by atoms with van der Waals surface area (Å²) in [6.07, 6.45) is 0. The van der Waals surface area contributed by atoms with Gasteiger partial charge in [-0.25, -0.2) is 0 Å². The molecule has 0 aliphatic heterocycles. The number of benzene rings is 1. The quantitative estimate of drug-likeness (QED) is 0.807. The average molecular weight is 331 g/mol. The minimum atomic E-state index is -0.0183. The van der Waals surface area contributed by atoms with Crippen LogP contribution in [0.15, 0.2) is 28.7 Å². The molecule has 0 bridgehead atoms. The van der Waals surface area contributed by atoms with E-state index < -0.39 is 0 Å². The molecular formula is C13H19BrN2OS. The zero-order valence-electron chi connectivity index (χ0n) is 10.7. The minimum absolute atomic E-state index is 0.0183. The summed E-state index contributed by atoms with van der Waals surface area (Å²) in [5.74, 6) is 2.11. The molecule has 5 heteroatoms. The maximum atomic E-state index is 11.7. The molecule has 18 heavy (non-hydrogen) atoms. The van der Waals surface area contributed by atoms with Gasteiger partial charge in [-0.1, -0.05) is 19.1 Å². The zero-order chi connectivity index (χ0) is 13.4. The summed E-state index contributed by atoms with van der Waals surface area (Å²) < 4.78 is 0.896. The Kier molecular flexibility index (Phi) is 7.39. The molecule has 0 radical (unpaired) electrons. The number of nitrogens with one attached hydrogen (secondary N) is 2. The van der Waals surface area contributed by atoms with Gasteiger partial charge in [-0.05, 0) is 40.7 Å². The number of anilines is 1. The standard InChI is InChI=1S/C13H19BrN2OS/c1-3-18-9-10(2)15-8-13(17)16-12-7-5-4-6-11(12)14/h4-7,10,15H,3,8-9H2,1-2H3,(H,16,17). The van der Waals surface area contributed by atoms with Crippen molar-refractivity contribution in [2.75, 3.05) is 23.4 Å². The first-order valence-electron chi connectivity index (χ1n) is 5.99. The first kappa shape index (κ1) is 15.5. The Bertz CT molecular complexity index is 387. The fourth-order valence-electron chi connectivity index (χ4n) is 1.38. The van der Waals surface area contributed by atoms with Crippen molar-refractivity contribution in [2.24, 2.45) is 0 Å². The molecule has 0 spiro atoms. The molecule has 1 rings (SSSR count). The van der Waals surface area contributed by atoms with Crippen LogP contribution in [0.5, 0.6) is 0 Å². The van der Waals surface area contributed by atoms with Crippen molar-refractivity contribution in [3.63, 3.8) is 0 Å². The van der Waals surface area contributed by atoms with E-state index in [-0.39, 0.29) is 5.91 Å². The molecule has 1 atom stereocenters. The topological polar surface area (TPSA) is 41.1 Å². The van der Waals surface area contributed by atoms with Gasteiger partial charge < -0.3 is 10.6 Å². The Balaban J connectivity index is 2.32. The van der Waals surface area contributed by atoms with E-state index in [1.165, 1.54) is 0 Å². The normalized spacial score (nSPS) is 12.2. The molecule has 1 aromatic carbocycles. The number of carbonyl (C=O) groups excluding carboxylic acids is 1. The molecule has 1 amide bonds. The van der Waals surface area contributed by atoms with E-state index in [4.69, 9.17) is 0 Å². The number of hydrogen-bond donors (Lipinski definition) is 2. The second kappa shape index (κ2) is 8.56. The third-order valence-electron chi connectivity index (χ3n) is 2.33. The number of para-hydroxylation sites is 1. The van der Waals surface area contributed by atoms with Crippen LogP contribution >= 0.6 is 27.7 Å². The van der Waals surface area contributed by atoms with Gasteiger partial charge in [-0.2, -0.15) is 11.8 Å². The smallest absolute Gasteiger partial charge is 0.238 e. The number of thioether (sulfide) groups is 1. The third kappa shape index (κ3) is 5.89. The van der Waals surface area contributed by atoms with Gasteiger partial charge in [-0.15, -0.1) is 0 Å². The van der Waals surface area contributed by atoms with Crippen LogP contribution in [0, 0.1) is 0 Å². The number of carbonyl (C=O) groups is 1. The van der Waals surface area contributed by atoms with Crippen molar-refractivity contribution in [1.29, 1.82) is 0 Å².